The van der Waals surface area contributed by atoms with Crippen LogP contribution in [0.2, 0.25) is 0 Å². The number of ether oxygens (including phenoxy) is 2. The van der Waals surface area contributed by atoms with Crippen molar-refractivity contribution in [3.05, 3.63) is 60.2 Å². The van der Waals surface area contributed by atoms with Crippen LogP contribution in [0.5, 0.6) is 11.5 Å². The second kappa shape index (κ2) is 5.84. The van der Waals surface area contributed by atoms with E-state index in [0.717, 1.165) is 5.75 Å². The van der Waals surface area contributed by atoms with Gasteiger partial charge >= 0.3 is 5.97 Å². The van der Waals surface area contributed by atoms with Crippen LogP contribution in [0.4, 0.5) is 0 Å². The van der Waals surface area contributed by atoms with Gasteiger partial charge in [0.25, 0.3) is 0 Å². The summed E-state index contributed by atoms with van der Waals surface area (Å²) in [6.45, 7) is -0.624. The van der Waals surface area contributed by atoms with Gasteiger partial charge in [0.15, 0.2) is 6.79 Å². The van der Waals surface area contributed by atoms with Crippen LogP contribution in [-0.4, -0.2) is 17.9 Å². The summed E-state index contributed by atoms with van der Waals surface area (Å²) in [6.07, 6.45) is 0. The van der Waals surface area contributed by atoms with E-state index < -0.39 is 12.8 Å². The highest BCUT2D eigenvalue weighted by molar-refractivity contribution is 5.89. The fourth-order valence-electron chi connectivity index (χ4n) is 1.43. The van der Waals surface area contributed by atoms with Crippen LogP contribution in [-0.2, 0) is 4.74 Å². The number of aliphatic hydroxyl groups excluding tert-OH is 1. The number of rotatable bonds is 4. The molecule has 4 heteroatoms. The molecule has 2 aromatic rings. The number of hydrogen-bond acceptors (Lipinski definition) is 4. The van der Waals surface area contributed by atoms with Gasteiger partial charge < -0.3 is 14.6 Å². The molecule has 92 valence electrons. The molecular formula is C14H12O4. The Balaban J connectivity index is 2.06. The Morgan fingerprint density at radius 2 is 1.56 bits per heavy atom. The minimum atomic E-state index is -0.624. The smallest absolute Gasteiger partial charge is 0.340 e. The van der Waals surface area contributed by atoms with Crippen molar-refractivity contribution < 1.29 is 19.4 Å². The monoisotopic (exact) mass is 244 g/mol. The summed E-state index contributed by atoms with van der Waals surface area (Å²) in [5.41, 5.74) is 0.365. The highest BCUT2D eigenvalue weighted by Gasteiger charge is 2.06. The molecule has 0 radical (unpaired) electrons. The maximum atomic E-state index is 11.3. The second-order valence-corrected chi connectivity index (χ2v) is 3.50. The van der Waals surface area contributed by atoms with Crippen LogP contribution in [0.25, 0.3) is 0 Å². The molecule has 1 N–H and O–H groups in total. The Labute approximate surface area is 104 Å². The van der Waals surface area contributed by atoms with Crippen molar-refractivity contribution in [3.63, 3.8) is 0 Å². The molecule has 0 aliphatic carbocycles. The number of benzene rings is 2. The first kappa shape index (κ1) is 12.1. The summed E-state index contributed by atoms with van der Waals surface area (Å²) in [4.78, 5) is 11.3. The molecule has 0 heterocycles. The molecule has 0 fully saturated rings. The van der Waals surface area contributed by atoms with E-state index in [2.05, 4.69) is 4.74 Å². The Hall–Kier alpha value is -2.33. The lowest BCUT2D eigenvalue weighted by atomic mass is 10.2. The van der Waals surface area contributed by atoms with Crippen LogP contribution in [0.1, 0.15) is 10.4 Å². The van der Waals surface area contributed by atoms with E-state index in [9.17, 15) is 4.79 Å². The van der Waals surface area contributed by atoms with E-state index in [4.69, 9.17) is 9.84 Å². The third-order valence-corrected chi connectivity index (χ3v) is 2.26. The Morgan fingerprint density at radius 3 is 2.17 bits per heavy atom. The van der Waals surface area contributed by atoms with E-state index in [1.807, 2.05) is 30.3 Å². The van der Waals surface area contributed by atoms with Gasteiger partial charge in [-0.15, -0.1) is 0 Å². The van der Waals surface area contributed by atoms with Gasteiger partial charge in [-0.1, -0.05) is 18.2 Å². The van der Waals surface area contributed by atoms with Crippen LogP contribution < -0.4 is 4.74 Å². The second-order valence-electron chi connectivity index (χ2n) is 3.50. The average Bonchev–Trinajstić information content (AvgIpc) is 2.41. The largest absolute Gasteiger partial charge is 0.457 e. The van der Waals surface area contributed by atoms with Crippen LogP contribution >= 0.6 is 0 Å². The topological polar surface area (TPSA) is 55.8 Å². The van der Waals surface area contributed by atoms with Gasteiger partial charge in [0.1, 0.15) is 11.5 Å². The third-order valence-electron chi connectivity index (χ3n) is 2.26. The van der Waals surface area contributed by atoms with Gasteiger partial charge in [0.05, 0.1) is 5.56 Å². The van der Waals surface area contributed by atoms with Gasteiger partial charge in [-0.25, -0.2) is 4.79 Å². The van der Waals surface area contributed by atoms with E-state index >= 15 is 0 Å². The lowest BCUT2D eigenvalue weighted by molar-refractivity contribution is 0.00684. The minimum absolute atomic E-state index is 0.365. The number of carbonyl (C=O) groups excluding carboxylic acids is 1. The molecule has 0 saturated heterocycles. The summed E-state index contributed by atoms with van der Waals surface area (Å²) >= 11 is 0. The lowest BCUT2D eigenvalue weighted by Crippen LogP contribution is -2.05. The van der Waals surface area contributed by atoms with Gasteiger partial charge in [0.2, 0.25) is 0 Å². The number of carbonyl (C=O) groups is 1. The maximum Gasteiger partial charge on any atom is 0.340 e. The number of para-hydroxylation sites is 1. The maximum absolute atomic E-state index is 11.3. The Bertz CT molecular complexity index is 505. The van der Waals surface area contributed by atoms with Crippen molar-refractivity contribution in [1.82, 2.24) is 0 Å². The van der Waals surface area contributed by atoms with Crippen molar-refractivity contribution in [2.75, 3.05) is 6.79 Å². The third kappa shape index (κ3) is 3.09. The number of aliphatic hydroxyl groups is 1. The summed E-state index contributed by atoms with van der Waals surface area (Å²) < 4.78 is 10.0. The summed E-state index contributed by atoms with van der Waals surface area (Å²) in [6, 6.07) is 15.8. The fraction of sp³-hybridized carbons (Fsp3) is 0.0714. The van der Waals surface area contributed by atoms with Crippen molar-refractivity contribution in [2.45, 2.75) is 0 Å². The number of esters is 1. The molecule has 2 rings (SSSR count). The molecule has 0 bridgehead atoms. The van der Waals surface area contributed by atoms with E-state index in [0.29, 0.717) is 11.3 Å². The summed E-state index contributed by atoms with van der Waals surface area (Å²) in [5, 5.41) is 8.48. The molecule has 0 aromatic heterocycles. The van der Waals surface area contributed by atoms with Gasteiger partial charge in [0, 0.05) is 0 Å². The summed E-state index contributed by atoms with van der Waals surface area (Å²) in [7, 11) is 0. The quantitative estimate of drug-likeness (QED) is 0.663. The molecule has 0 atom stereocenters. The van der Waals surface area contributed by atoms with Crippen molar-refractivity contribution in [1.29, 1.82) is 0 Å². The molecule has 0 saturated carbocycles. The molecular weight excluding hydrogens is 232 g/mol. The highest BCUT2D eigenvalue weighted by atomic mass is 16.6. The normalized spacial score (nSPS) is 9.83. The van der Waals surface area contributed by atoms with E-state index in [1.165, 1.54) is 0 Å². The van der Waals surface area contributed by atoms with E-state index in [1.54, 1.807) is 24.3 Å². The minimum Gasteiger partial charge on any atom is -0.457 e. The van der Waals surface area contributed by atoms with Gasteiger partial charge in [-0.05, 0) is 36.4 Å². The zero-order chi connectivity index (χ0) is 12.8. The SMILES string of the molecule is O=C(OCO)c1ccc(Oc2ccccc2)cc1. The predicted octanol–water partition coefficient (Wildman–Crippen LogP) is 2.59. The summed E-state index contributed by atoms with van der Waals surface area (Å²) in [5.74, 6) is 0.786. The molecule has 4 nitrogen and oxygen atoms in total. The lowest BCUT2D eigenvalue weighted by Gasteiger charge is -2.06. The van der Waals surface area contributed by atoms with Crippen molar-refractivity contribution in [3.8, 4) is 11.5 Å². The molecule has 0 aliphatic heterocycles. The molecule has 0 aliphatic rings. The molecule has 0 spiro atoms. The first-order valence-electron chi connectivity index (χ1n) is 5.40. The van der Waals surface area contributed by atoms with Crippen molar-refractivity contribution in [2.24, 2.45) is 0 Å². The van der Waals surface area contributed by atoms with Gasteiger partial charge in [-0.3, -0.25) is 0 Å². The first-order valence-corrected chi connectivity index (χ1v) is 5.40. The Kier molecular flexibility index (Phi) is 3.94. The molecule has 2 aromatic carbocycles. The van der Waals surface area contributed by atoms with Crippen LogP contribution in [0.15, 0.2) is 54.6 Å². The van der Waals surface area contributed by atoms with E-state index in [-0.39, 0.29) is 0 Å². The van der Waals surface area contributed by atoms with Crippen molar-refractivity contribution >= 4 is 5.97 Å². The van der Waals surface area contributed by atoms with Crippen LogP contribution in [0.3, 0.4) is 0 Å². The molecule has 0 unspecified atom stereocenters. The van der Waals surface area contributed by atoms with Crippen LogP contribution in [0, 0.1) is 0 Å². The highest BCUT2D eigenvalue weighted by Crippen LogP contribution is 2.21. The fourth-order valence-corrected chi connectivity index (χ4v) is 1.43. The molecule has 0 amide bonds. The Morgan fingerprint density at radius 1 is 0.944 bits per heavy atom. The first-order chi connectivity index (χ1) is 8.79. The zero-order valence-electron chi connectivity index (χ0n) is 9.58. The van der Waals surface area contributed by atoms with Gasteiger partial charge in [-0.2, -0.15) is 0 Å². The average molecular weight is 244 g/mol. The predicted molar refractivity (Wildman–Crippen MR) is 65.5 cm³/mol. The number of hydrogen-bond donors (Lipinski definition) is 1. The molecule has 18 heavy (non-hydrogen) atoms. The standard InChI is InChI=1S/C14H12O4/c15-10-17-14(16)11-6-8-13(9-7-11)18-12-4-2-1-3-5-12/h1-9,15H,10H2. The zero-order valence-corrected chi connectivity index (χ0v) is 9.58.